The van der Waals surface area contributed by atoms with Crippen molar-refractivity contribution in [3.05, 3.63) is 0 Å². The molecule has 14 nitrogen and oxygen atoms in total. The molecule has 0 radical (unpaired) electrons. The summed E-state index contributed by atoms with van der Waals surface area (Å²) in [6.07, 6.45) is -9.53. The van der Waals surface area contributed by atoms with E-state index in [0.717, 1.165) is 0 Å². The van der Waals surface area contributed by atoms with E-state index in [2.05, 4.69) is 0 Å². The van der Waals surface area contributed by atoms with Crippen LogP contribution in [0.4, 0.5) is 0 Å². The molecule has 0 aromatic carbocycles. The second-order valence-corrected chi connectivity index (χ2v) is 16.9. The molecular weight excluding hydrogens is 678 g/mol. The number of aliphatic hydroxyl groups is 5. The first-order chi connectivity index (χ1) is 24.0. The van der Waals surface area contributed by atoms with Crippen molar-refractivity contribution in [3.8, 4) is 0 Å². The fourth-order valence-electron chi connectivity index (χ4n) is 8.82. The Bertz CT molecular complexity index is 1140. The van der Waals surface area contributed by atoms with E-state index in [1.807, 2.05) is 32.8 Å². The van der Waals surface area contributed by atoms with Gasteiger partial charge in [-0.1, -0.05) is 27.7 Å². The van der Waals surface area contributed by atoms with Gasteiger partial charge in [0.05, 0.1) is 53.7 Å². The van der Waals surface area contributed by atoms with Gasteiger partial charge in [0.2, 0.25) is 0 Å². The summed E-state index contributed by atoms with van der Waals surface area (Å²) in [5, 5.41) is 58.3. The summed E-state index contributed by atoms with van der Waals surface area (Å²) in [5.74, 6) is -3.74. The number of cyclic esters (lactones) is 1. The van der Waals surface area contributed by atoms with Crippen LogP contribution in [0.2, 0.25) is 0 Å². The van der Waals surface area contributed by atoms with E-state index >= 15 is 0 Å². The minimum atomic E-state index is -1.70. The Morgan fingerprint density at radius 1 is 0.846 bits per heavy atom. The van der Waals surface area contributed by atoms with Crippen LogP contribution in [0.3, 0.4) is 0 Å². The van der Waals surface area contributed by atoms with Gasteiger partial charge in [-0.3, -0.25) is 4.79 Å². The van der Waals surface area contributed by atoms with Crippen LogP contribution in [-0.2, 0) is 38.0 Å². The van der Waals surface area contributed by atoms with E-state index in [0.29, 0.717) is 12.8 Å². The number of likely N-dealkylation sites (N-methyl/N-ethyl adjacent to an activating group) is 1. The second-order valence-electron chi connectivity index (χ2n) is 16.9. The first kappa shape index (κ1) is 45.4. The molecule has 0 aliphatic carbocycles. The van der Waals surface area contributed by atoms with E-state index < -0.39 is 108 Å². The third kappa shape index (κ3) is 9.50. The number of carbonyl (C=O) groups excluding carboxylic acids is 1. The molecule has 5 N–H and O–H groups in total. The van der Waals surface area contributed by atoms with E-state index in [1.165, 1.54) is 14.2 Å². The predicted octanol–water partition coefficient (Wildman–Crippen LogP) is 2.23. The van der Waals surface area contributed by atoms with Gasteiger partial charge in [-0.05, 0) is 80.8 Å². The number of ether oxygens (including phenoxy) is 7. The topological polar surface area (TPSA) is 186 Å². The fourth-order valence-corrected chi connectivity index (χ4v) is 8.82. The average Bonchev–Trinajstić information content (AvgIpc) is 3.08. The average molecular weight is 750 g/mol. The van der Waals surface area contributed by atoms with Crippen molar-refractivity contribution in [3.63, 3.8) is 0 Å². The van der Waals surface area contributed by atoms with E-state index in [1.54, 1.807) is 55.4 Å². The van der Waals surface area contributed by atoms with Gasteiger partial charge in [0.15, 0.2) is 12.6 Å². The molecule has 3 heterocycles. The van der Waals surface area contributed by atoms with Crippen molar-refractivity contribution in [1.82, 2.24) is 4.90 Å². The van der Waals surface area contributed by atoms with Crippen LogP contribution in [0.1, 0.15) is 94.9 Å². The number of hydrogen-bond donors (Lipinski definition) is 5. The normalized spacial score (nSPS) is 50.4. The molecule has 3 aliphatic heterocycles. The summed E-state index contributed by atoms with van der Waals surface area (Å²) in [4.78, 5) is 16.2. The lowest BCUT2D eigenvalue weighted by Gasteiger charge is -2.49. The van der Waals surface area contributed by atoms with Crippen LogP contribution >= 0.6 is 0 Å². The monoisotopic (exact) mass is 749 g/mol. The SMILES string of the molecule is CCC1OC(=O)[C@H](C)C(O[C@H]2C[C@@](C)(OC)[C@@H](O)[C@H](C)O2)[C@H](C)[C@@H](O[C@@H]2O[C@H](C)C[C@H](N(C)C)[C@H]2O)[C@](C)(O)C[C@@H](C)[C@H](O)[C@H](C)[C@@H](O)[C@]1(C)OC. The highest BCUT2D eigenvalue weighted by atomic mass is 16.7. The number of rotatable bonds is 8. The summed E-state index contributed by atoms with van der Waals surface area (Å²) in [7, 11) is 6.67. The maximum Gasteiger partial charge on any atom is 0.311 e. The Balaban J connectivity index is 2.20. The summed E-state index contributed by atoms with van der Waals surface area (Å²) in [5.41, 5.74) is -4.12. The van der Waals surface area contributed by atoms with Gasteiger partial charge in [0.1, 0.15) is 23.9 Å². The predicted molar refractivity (Wildman–Crippen MR) is 192 cm³/mol. The Morgan fingerprint density at radius 2 is 1.46 bits per heavy atom. The highest BCUT2D eigenvalue weighted by Crippen LogP contribution is 2.41. The first-order valence-corrected chi connectivity index (χ1v) is 19.0. The van der Waals surface area contributed by atoms with Crippen LogP contribution in [0.15, 0.2) is 0 Å². The fraction of sp³-hybridized carbons (Fsp3) is 0.974. The Kier molecular flexibility index (Phi) is 15.6. The van der Waals surface area contributed by atoms with Gasteiger partial charge < -0.3 is 63.6 Å². The molecular formula is C38H71NO13. The van der Waals surface area contributed by atoms with Gasteiger partial charge in [-0.2, -0.15) is 0 Å². The number of carbonyl (C=O) groups is 1. The molecule has 0 bridgehead atoms. The standard InChI is InChI=1S/C38H71NO13/c1-15-26-38(10,47-14)31(42)21(4)28(40)19(2)17-36(8,45)33(52-35-29(41)25(39(11)12)16-20(3)48-35)22(5)30(23(6)34(44)50-26)51-27-18-37(9,46-13)32(43)24(7)49-27/h19-33,35,40-43,45H,15-18H2,1-14H3/t19-,20-,21+,22+,23-,24+,25+,26?,27+,28+,29-,30?,31-,32+,33-,35+,36-,37-,38-/m1/s1. The third-order valence-electron chi connectivity index (χ3n) is 12.5. The maximum absolute atomic E-state index is 14.3. The lowest BCUT2D eigenvalue weighted by atomic mass is 9.73. The minimum absolute atomic E-state index is 0.00701. The van der Waals surface area contributed by atoms with Crippen molar-refractivity contribution in [2.24, 2.45) is 23.7 Å². The molecule has 3 aliphatic rings. The quantitative estimate of drug-likeness (QED) is 0.228. The Morgan fingerprint density at radius 3 is 2.00 bits per heavy atom. The summed E-state index contributed by atoms with van der Waals surface area (Å²) >= 11 is 0. The van der Waals surface area contributed by atoms with Crippen molar-refractivity contribution < 1.29 is 63.5 Å². The smallest absolute Gasteiger partial charge is 0.311 e. The molecule has 3 fully saturated rings. The van der Waals surface area contributed by atoms with Gasteiger partial charge in [0, 0.05) is 38.5 Å². The number of aliphatic hydroxyl groups excluding tert-OH is 4. The summed E-state index contributed by atoms with van der Waals surface area (Å²) in [6.45, 7) is 17.4. The summed E-state index contributed by atoms with van der Waals surface area (Å²) < 4.78 is 43.4. The van der Waals surface area contributed by atoms with E-state index in [9.17, 15) is 30.3 Å². The molecule has 0 amide bonds. The molecule has 52 heavy (non-hydrogen) atoms. The van der Waals surface area contributed by atoms with Crippen LogP contribution in [0.5, 0.6) is 0 Å². The zero-order valence-electron chi connectivity index (χ0n) is 34.0. The van der Waals surface area contributed by atoms with Crippen molar-refractivity contribution >= 4 is 5.97 Å². The van der Waals surface area contributed by atoms with Gasteiger partial charge in [-0.25, -0.2) is 0 Å². The molecule has 2 unspecified atom stereocenters. The highest BCUT2D eigenvalue weighted by Gasteiger charge is 2.54. The molecule has 19 atom stereocenters. The van der Waals surface area contributed by atoms with Crippen LogP contribution in [-0.4, -0.2) is 155 Å². The Hall–Kier alpha value is -1.01. The van der Waals surface area contributed by atoms with E-state index in [-0.39, 0.29) is 25.0 Å². The van der Waals surface area contributed by atoms with Crippen molar-refractivity contribution in [2.45, 2.75) is 185 Å². The zero-order chi connectivity index (χ0) is 39.7. The molecule has 0 aromatic rings. The van der Waals surface area contributed by atoms with Crippen LogP contribution < -0.4 is 0 Å². The van der Waals surface area contributed by atoms with Crippen molar-refractivity contribution in [1.29, 1.82) is 0 Å². The number of esters is 1. The number of nitrogens with zero attached hydrogens (tertiary/aromatic N) is 1. The first-order valence-electron chi connectivity index (χ1n) is 19.0. The van der Waals surface area contributed by atoms with Gasteiger partial charge in [-0.15, -0.1) is 0 Å². The lowest BCUT2D eigenvalue weighted by Crippen LogP contribution is -2.61. The second kappa shape index (κ2) is 17.8. The maximum atomic E-state index is 14.3. The van der Waals surface area contributed by atoms with Gasteiger partial charge in [0.25, 0.3) is 0 Å². The number of methoxy groups -OCH3 is 2. The molecule has 3 rings (SSSR count). The molecule has 0 saturated carbocycles. The zero-order valence-corrected chi connectivity index (χ0v) is 34.0. The largest absolute Gasteiger partial charge is 0.459 e. The van der Waals surface area contributed by atoms with Gasteiger partial charge >= 0.3 is 5.97 Å². The number of hydrogen-bond acceptors (Lipinski definition) is 14. The van der Waals surface area contributed by atoms with Crippen LogP contribution in [0.25, 0.3) is 0 Å². The van der Waals surface area contributed by atoms with E-state index in [4.69, 9.17) is 33.2 Å². The van der Waals surface area contributed by atoms with Crippen molar-refractivity contribution in [2.75, 3.05) is 28.3 Å². The Labute approximate surface area is 311 Å². The summed E-state index contributed by atoms with van der Waals surface area (Å²) in [6, 6.07) is -0.298. The molecule has 306 valence electrons. The molecule has 0 aromatic heterocycles. The lowest BCUT2D eigenvalue weighted by molar-refractivity contribution is -0.318. The third-order valence-corrected chi connectivity index (χ3v) is 12.5. The minimum Gasteiger partial charge on any atom is -0.459 e. The molecule has 0 spiro atoms. The van der Waals surface area contributed by atoms with Crippen LogP contribution in [0, 0.1) is 23.7 Å². The highest BCUT2D eigenvalue weighted by molar-refractivity contribution is 5.73. The molecule has 3 saturated heterocycles. The molecule has 14 heteroatoms.